The second-order valence-corrected chi connectivity index (χ2v) is 7.45. The maximum absolute atomic E-state index is 12.8. The van der Waals surface area contributed by atoms with Gasteiger partial charge in [0.15, 0.2) is 23.9 Å². The molecule has 1 atom stereocenters. The second kappa shape index (κ2) is 9.60. The lowest BCUT2D eigenvalue weighted by molar-refractivity contribution is -0.153. The highest BCUT2D eigenvalue weighted by Crippen LogP contribution is 2.50. The first-order chi connectivity index (χ1) is 15.6. The molecule has 1 aliphatic carbocycles. The van der Waals surface area contributed by atoms with Gasteiger partial charge in [-0.15, -0.1) is 0 Å². The number of hydrogen-bond donors (Lipinski definition) is 1. The van der Waals surface area contributed by atoms with Gasteiger partial charge in [-0.1, -0.05) is 6.07 Å². The Morgan fingerprint density at radius 1 is 1.06 bits per heavy atom. The molecule has 0 aliphatic heterocycles. The van der Waals surface area contributed by atoms with Gasteiger partial charge >= 0.3 is 6.18 Å². The standard InChI is InChI=1S/C23H24F3NO6/c1-12(28)27-16-7-5-13-9-19(30-2)21(31-3)22(32-4)20(13)14-6-8-18(17(29)10-15(14)16)33-11-23(24,25)26/h6,8-10,16H,5,7,11H2,1-4H3,(H,27,28). The minimum Gasteiger partial charge on any atom is -0.493 e. The van der Waals surface area contributed by atoms with Crippen LogP contribution < -0.4 is 29.7 Å². The highest BCUT2D eigenvalue weighted by molar-refractivity contribution is 5.83. The monoisotopic (exact) mass is 467 g/mol. The smallest absolute Gasteiger partial charge is 0.422 e. The molecule has 1 N–H and O–H groups in total. The molecule has 1 amide bonds. The number of carbonyl (C=O) groups is 1. The molecular formula is C23H24F3NO6. The SMILES string of the molecule is COc1cc2c(c(OC)c1OC)-c1ccc(OCC(F)(F)F)c(=O)cc1C(NC(C)=O)CC2. The van der Waals surface area contributed by atoms with Crippen LogP contribution in [0.2, 0.25) is 0 Å². The predicted octanol–water partition coefficient (Wildman–Crippen LogP) is 3.80. The Labute approximate surface area is 188 Å². The third kappa shape index (κ3) is 5.15. The van der Waals surface area contributed by atoms with E-state index in [1.54, 1.807) is 6.07 Å². The van der Waals surface area contributed by atoms with Crippen molar-refractivity contribution in [1.82, 2.24) is 5.32 Å². The number of nitrogens with one attached hydrogen (secondary N) is 1. The topological polar surface area (TPSA) is 83.1 Å². The molecule has 0 bridgehead atoms. The highest BCUT2D eigenvalue weighted by Gasteiger charge is 2.31. The molecule has 0 spiro atoms. The number of aryl methyl sites for hydroxylation is 1. The molecule has 0 heterocycles. The van der Waals surface area contributed by atoms with Crippen molar-refractivity contribution in [2.24, 2.45) is 0 Å². The molecular weight excluding hydrogens is 443 g/mol. The number of methoxy groups -OCH3 is 3. The van der Waals surface area contributed by atoms with Crippen molar-refractivity contribution >= 4 is 5.91 Å². The van der Waals surface area contributed by atoms with Gasteiger partial charge in [0.1, 0.15) is 0 Å². The van der Waals surface area contributed by atoms with Gasteiger partial charge in [-0.05, 0) is 47.7 Å². The summed E-state index contributed by atoms with van der Waals surface area (Å²) in [6, 6.07) is 5.11. The van der Waals surface area contributed by atoms with Crippen LogP contribution in [0.15, 0.2) is 29.1 Å². The minimum absolute atomic E-state index is 0.313. The van der Waals surface area contributed by atoms with Crippen LogP contribution in [0, 0.1) is 0 Å². The van der Waals surface area contributed by atoms with Crippen LogP contribution in [-0.4, -0.2) is 40.0 Å². The lowest BCUT2D eigenvalue weighted by Gasteiger charge is -2.19. The fraction of sp³-hybridized carbons (Fsp3) is 0.391. The molecule has 1 unspecified atom stereocenters. The van der Waals surface area contributed by atoms with Crippen molar-refractivity contribution in [3.8, 4) is 34.1 Å². The van der Waals surface area contributed by atoms with Crippen LogP contribution >= 0.6 is 0 Å². The average Bonchev–Trinajstić information content (AvgIpc) is 2.99. The summed E-state index contributed by atoms with van der Waals surface area (Å²) in [4.78, 5) is 24.6. The van der Waals surface area contributed by atoms with Gasteiger partial charge in [0.25, 0.3) is 0 Å². The fourth-order valence-corrected chi connectivity index (χ4v) is 3.97. The molecule has 0 fully saturated rings. The maximum atomic E-state index is 12.8. The Balaban J connectivity index is 2.32. The molecule has 10 heteroatoms. The lowest BCUT2D eigenvalue weighted by Crippen LogP contribution is -2.26. The highest BCUT2D eigenvalue weighted by atomic mass is 19.4. The first-order valence-electron chi connectivity index (χ1n) is 10.1. The summed E-state index contributed by atoms with van der Waals surface area (Å²) in [5.74, 6) is 0.333. The first kappa shape index (κ1) is 24.2. The summed E-state index contributed by atoms with van der Waals surface area (Å²) >= 11 is 0. The second-order valence-electron chi connectivity index (χ2n) is 7.45. The number of halogens is 3. The van der Waals surface area contributed by atoms with Crippen molar-refractivity contribution in [3.05, 3.63) is 45.6 Å². The largest absolute Gasteiger partial charge is 0.493 e. The zero-order valence-electron chi connectivity index (χ0n) is 18.6. The number of carbonyl (C=O) groups excluding carboxylic acids is 1. The van der Waals surface area contributed by atoms with E-state index < -0.39 is 30.0 Å². The van der Waals surface area contributed by atoms with E-state index in [1.807, 2.05) is 0 Å². The Bertz CT molecular complexity index is 1120. The molecule has 2 aromatic rings. The summed E-state index contributed by atoms with van der Waals surface area (Å²) in [7, 11) is 4.39. The number of alkyl halides is 3. The molecule has 0 radical (unpaired) electrons. The lowest BCUT2D eigenvalue weighted by atomic mass is 9.95. The van der Waals surface area contributed by atoms with Gasteiger partial charge < -0.3 is 24.3 Å². The van der Waals surface area contributed by atoms with E-state index in [9.17, 15) is 22.8 Å². The molecule has 1 aliphatic rings. The molecule has 2 aromatic carbocycles. The Hall–Kier alpha value is -3.43. The van der Waals surface area contributed by atoms with Crippen molar-refractivity contribution in [1.29, 1.82) is 0 Å². The summed E-state index contributed by atoms with van der Waals surface area (Å²) < 4.78 is 59.3. The number of benzene rings is 1. The van der Waals surface area contributed by atoms with Crippen molar-refractivity contribution in [2.45, 2.75) is 32.0 Å². The van der Waals surface area contributed by atoms with Crippen molar-refractivity contribution in [2.75, 3.05) is 27.9 Å². The molecule has 178 valence electrons. The molecule has 0 saturated carbocycles. The normalized spacial score (nSPS) is 14.9. The summed E-state index contributed by atoms with van der Waals surface area (Å²) in [5, 5.41) is 2.82. The maximum Gasteiger partial charge on any atom is 0.422 e. The zero-order chi connectivity index (χ0) is 24.3. The third-order valence-corrected chi connectivity index (χ3v) is 5.27. The first-order valence-corrected chi connectivity index (χ1v) is 10.1. The molecule has 0 aromatic heterocycles. The van der Waals surface area contributed by atoms with Crippen LogP contribution in [0.4, 0.5) is 13.2 Å². The van der Waals surface area contributed by atoms with Crippen LogP contribution in [0.1, 0.15) is 30.5 Å². The quantitative estimate of drug-likeness (QED) is 0.696. The van der Waals surface area contributed by atoms with E-state index in [4.69, 9.17) is 18.9 Å². The summed E-state index contributed by atoms with van der Waals surface area (Å²) in [5.41, 5.74) is 1.59. The van der Waals surface area contributed by atoms with Crippen LogP contribution in [0.25, 0.3) is 11.1 Å². The van der Waals surface area contributed by atoms with E-state index in [-0.39, 0.29) is 5.91 Å². The number of rotatable bonds is 6. The van der Waals surface area contributed by atoms with E-state index >= 15 is 0 Å². The van der Waals surface area contributed by atoms with Crippen LogP contribution in [0.5, 0.6) is 23.0 Å². The van der Waals surface area contributed by atoms with Gasteiger partial charge in [0, 0.05) is 12.5 Å². The van der Waals surface area contributed by atoms with E-state index in [0.717, 1.165) is 5.56 Å². The Morgan fingerprint density at radius 3 is 2.33 bits per heavy atom. The third-order valence-electron chi connectivity index (χ3n) is 5.27. The summed E-state index contributed by atoms with van der Waals surface area (Å²) in [6.07, 6.45) is -3.67. The van der Waals surface area contributed by atoms with Crippen molar-refractivity contribution < 1.29 is 36.9 Å². The number of hydrogen-bond acceptors (Lipinski definition) is 6. The number of amides is 1. The van der Waals surface area contributed by atoms with Crippen molar-refractivity contribution in [3.63, 3.8) is 0 Å². The number of ether oxygens (including phenoxy) is 4. The average molecular weight is 467 g/mol. The van der Waals surface area contributed by atoms with Crippen LogP contribution in [-0.2, 0) is 11.2 Å². The summed E-state index contributed by atoms with van der Waals surface area (Å²) in [6.45, 7) is -0.250. The molecule has 0 saturated heterocycles. The van der Waals surface area contributed by atoms with Gasteiger partial charge in [-0.25, -0.2) is 0 Å². The van der Waals surface area contributed by atoms with E-state index in [2.05, 4.69) is 5.32 Å². The molecule has 33 heavy (non-hydrogen) atoms. The van der Waals surface area contributed by atoms with Gasteiger partial charge in [-0.2, -0.15) is 13.2 Å². The minimum atomic E-state index is -4.60. The van der Waals surface area contributed by atoms with Gasteiger partial charge in [0.05, 0.1) is 27.4 Å². The van der Waals surface area contributed by atoms with E-state index in [0.29, 0.717) is 46.8 Å². The fourth-order valence-electron chi connectivity index (χ4n) is 3.97. The van der Waals surface area contributed by atoms with E-state index in [1.165, 1.54) is 46.5 Å². The molecule has 3 rings (SSSR count). The zero-order valence-corrected chi connectivity index (χ0v) is 18.6. The Kier molecular flexibility index (Phi) is 7.04. The molecule has 7 nitrogen and oxygen atoms in total. The van der Waals surface area contributed by atoms with Gasteiger partial charge in [-0.3, -0.25) is 9.59 Å². The predicted molar refractivity (Wildman–Crippen MR) is 114 cm³/mol. The Morgan fingerprint density at radius 2 is 1.76 bits per heavy atom. The number of fused-ring (bicyclic) bond motifs is 3. The van der Waals surface area contributed by atoms with Gasteiger partial charge in [0.2, 0.25) is 17.1 Å². The van der Waals surface area contributed by atoms with Crippen LogP contribution in [0.3, 0.4) is 0 Å².